The number of rotatable bonds is 9. The molecular weight excluding hydrogens is 302 g/mol. The van der Waals surface area contributed by atoms with E-state index < -0.39 is 5.97 Å². The van der Waals surface area contributed by atoms with Gasteiger partial charge in [0.1, 0.15) is 5.75 Å². The maximum atomic E-state index is 10.7. The third-order valence-electron chi connectivity index (χ3n) is 3.78. The Balaban J connectivity index is 2.91. The van der Waals surface area contributed by atoms with E-state index in [0.717, 1.165) is 30.6 Å². The topological polar surface area (TPSA) is 58.6 Å². The monoisotopic (exact) mass is 331 g/mol. The lowest BCUT2D eigenvalue weighted by Crippen LogP contribution is -2.23. The van der Waals surface area contributed by atoms with Crippen molar-refractivity contribution >= 4 is 5.97 Å². The van der Waals surface area contributed by atoms with Crippen LogP contribution in [-0.2, 0) is 16.8 Å². The molecule has 0 unspecified atom stereocenters. The third kappa shape index (κ3) is 6.64. The van der Waals surface area contributed by atoms with Crippen LogP contribution in [0, 0.1) is 19.3 Å². The zero-order chi connectivity index (χ0) is 18.2. The van der Waals surface area contributed by atoms with Gasteiger partial charge in [-0.2, -0.15) is 0 Å². The van der Waals surface area contributed by atoms with Crippen molar-refractivity contribution < 1.29 is 14.6 Å². The van der Waals surface area contributed by atoms with Gasteiger partial charge in [0.05, 0.1) is 13.2 Å². The van der Waals surface area contributed by atoms with Gasteiger partial charge in [0.2, 0.25) is 0 Å². The summed E-state index contributed by atoms with van der Waals surface area (Å²) >= 11 is 0. The van der Waals surface area contributed by atoms with Crippen LogP contribution in [0.5, 0.6) is 5.75 Å². The molecule has 0 bridgehead atoms. The Hall–Kier alpha value is -1.99. The number of nitrogens with one attached hydrogen (secondary N) is 1. The molecule has 0 aliphatic heterocycles. The van der Waals surface area contributed by atoms with Gasteiger partial charge in [0, 0.05) is 18.5 Å². The Morgan fingerprint density at radius 2 is 2.04 bits per heavy atom. The van der Waals surface area contributed by atoms with Crippen LogP contribution < -0.4 is 10.1 Å². The Labute approximate surface area is 145 Å². The average Bonchev–Trinajstić information content (AvgIpc) is 2.47. The molecular formula is C20H29NO3. The number of carbonyl (C=O) groups is 1. The van der Waals surface area contributed by atoms with Gasteiger partial charge in [0.15, 0.2) is 0 Å². The Morgan fingerprint density at radius 1 is 1.33 bits per heavy atom. The molecule has 132 valence electrons. The quantitative estimate of drug-likeness (QED) is 0.536. The lowest BCUT2D eigenvalue weighted by molar-refractivity contribution is -0.136. The van der Waals surface area contributed by atoms with E-state index in [-0.39, 0.29) is 12.0 Å². The average molecular weight is 331 g/mol. The van der Waals surface area contributed by atoms with E-state index >= 15 is 0 Å². The minimum atomic E-state index is -0.866. The summed E-state index contributed by atoms with van der Waals surface area (Å²) < 4.78 is 5.98. The molecule has 0 aromatic heterocycles. The fourth-order valence-electron chi connectivity index (χ4n) is 2.64. The zero-order valence-electron chi connectivity index (χ0n) is 15.2. The fourth-order valence-corrected chi connectivity index (χ4v) is 2.64. The molecule has 1 aromatic carbocycles. The highest BCUT2D eigenvalue weighted by molar-refractivity contribution is 5.69. The van der Waals surface area contributed by atoms with Crippen molar-refractivity contribution in [1.82, 2.24) is 5.32 Å². The van der Waals surface area contributed by atoms with E-state index in [1.54, 1.807) is 0 Å². The second-order valence-corrected chi connectivity index (χ2v) is 7.03. The molecule has 0 radical (unpaired) electrons. The first kappa shape index (κ1) is 20.1. The predicted octanol–water partition coefficient (Wildman–Crippen LogP) is 3.65. The summed E-state index contributed by atoms with van der Waals surface area (Å²) in [7, 11) is 0. The van der Waals surface area contributed by atoms with E-state index in [1.807, 2.05) is 0 Å². The van der Waals surface area contributed by atoms with Crippen molar-refractivity contribution in [3.63, 3.8) is 0 Å². The van der Waals surface area contributed by atoms with Crippen LogP contribution in [0.1, 0.15) is 56.7 Å². The number of carboxylic acid groups (broad SMARTS) is 1. The van der Waals surface area contributed by atoms with Crippen molar-refractivity contribution in [2.45, 2.75) is 58.9 Å². The van der Waals surface area contributed by atoms with E-state index in [9.17, 15) is 4.79 Å². The number of aliphatic carboxylic acids is 1. The number of ether oxygens (including phenoxy) is 1. The summed E-state index contributed by atoms with van der Waals surface area (Å²) in [4.78, 5) is 10.7. The maximum absolute atomic E-state index is 10.7. The lowest BCUT2D eigenvalue weighted by Gasteiger charge is -2.24. The van der Waals surface area contributed by atoms with Crippen LogP contribution >= 0.6 is 0 Å². The summed E-state index contributed by atoms with van der Waals surface area (Å²) in [5.41, 5.74) is 3.44. The number of hydrogen-bond acceptors (Lipinski definition) is 3. The van der Waals surface area contributed by atoms with Gasteiger partial charge in [0.25, 0.3) is 0 Å². The fraction of sp³-hybridized carbons (Fsp3) is 0.550. The second-order valence-electron chi connectivity index (χ2n) is 7.03. The van der Waals surface area contributed by atoms with E-state index in [0.29, 0.717) is 13.2 Å². The maximum Gasteiger partial charge on any atom is 0.317 e. The van der Waals surface area contributed by atoms with Gasteiger partial charge in [-0.15, -0.1) is 12.3 Å². The van der Waals surface area contributed by atoms with E-state index in [4.69, 9.17) is 16.3 Å². The number of hydrogen-bond donors (Lipinski definition) is 2. The summed E-state index contributed by atoms with van der Waals surface area (Å²) in [6, 6.07) is 4.18. The van der Waals surface area contributed by atoms with Crippen LogP contribution in [0.3, 0.4) is 0 Å². The molecule has 0 atom stereocenters. The first-order chi connectivity index (χ1) is 11.3. The molecule has 0 saturated carbocycles. The van der Waals surface area contributed by atoms with Gasteiger partial charge in [-0.05, 0) is 42.4 Å². The highest BCUT2D eigenvalue weighted by Crippen LogP contribution is 2.32. The number of unbranched alkanes of at least 4 members (excludes halogenated alkanes) is 2. The molecule has 0 aliphatic rings. The van der Waals surface area contributed by atoms with Gasteiger partial charge in [-0.1, -0.05) is 26.8 Å². The first-order valence-corrected chi connectivity index (χ1v) is 8.38. The predicted molar refractivity (Wildman–Crippen MR) is 97.4 cm³/mol. The number of terminal acetylenes is 1. The molecule has 0 saturated heterocycles. The van der Waals surface area contributed by atoms with Gasteiger partial charge >= 0.3 is 5.97 Å². The van der Waals surface area contributed by atoms with Crippen molar-refractivity contribution in [3.05, 3.63) is 28.8 Å². The number of aryl methyl sites for hydroxylation is 1. The zero-order valence-corrected chi connectivity index (χ0v) is 15.2. The van der Waals surface area contributed by atoms with Crippen molar-refractivity contribution in [3.8, 4) is 18.1 Å². The van der Waals surface area contributed by atoms with E-state index in [1.165, 1.54) is 11.1 Å². The van der Waals surface area contributed by atoms with Gasteiger partial charge < -0.3 is 15.2 Å². The molecule has 4 nitrogen and oxygen atoms in total. The van der Waals surface area contributed by atoms with Crippen molar-refractivity contribution in [2.24, 2.45) is 0 Å². The van der Waals surface area contributed by atoms with Crippen molar-refractivity contribution in [2.75, 3.05) is 13.2 Å². The summed E-state index contributed by atoms with van der Waals surface area (Å²) in [6.45, 7) is 9.62. The summed E-state index contributed by atoms with van der Waals surface area (Å²) in [6.07, 6.45) is 7.88. The van der Waals surface area contributed by atoms with Crippen LogP contribution in [0.2, 0.25) is 0 Å². The molecule has 0 fully saturated rings. The van der Waals surface area contributed by atoms with E-state index in [2.05, 4.69) is 51.1 Å². The largest absolute Gasteiger partial charge is 0.493 e. The molecule has 24 heavy (non-hydrogen) atoms. The summed E-state index contributed by atoms with van der Waals surface area (Å²) in [5.74, 6) is 2.59. The highest BCUT2D eigenvalue weighted by atomic mass is 16.5. The van der Waals surface area contributed by atoms with Gasteiger partial charge in [-0.25, -0.2) is 0 Å². The molecule has 0 spiro atoms. The minimum Gasteiger partial charge on any atom is -0.493 e. The minimum absolute atomic E-state index is 0.0265. The highest BCUT2D eigenvalue weighted by Gasteiger charge is 2.19. The van der Waals surface area contributed by atoms with Crippen LogP contribution in [-0.4, -0.2) is 24.2 Å². The lowest BCUT2D eigenvalue weighted by atomic mass is 9.83. The number of carboxylic acids is 1. The molecule has 2 N–H and O–H groups in total. The Bertz CT molecular complexity index is 594. The third-order valence-corrected chi connectivity index (χ3v) is 3.78. The first-order valence-electron chi connectivity index (χ1n) is 8.38. The van der Waals surface area contributed by atoms with Crippen LogP contribution in [0.4, 0.5) is 0 Å². The number of benzene rings is 1. The van der Waals surface area contributed by atoms with Crippen LogP contribution in [0.25, 0.3) is 0 Å². The molecule has 1 aromatic rings. The molecule has 0 heterocycles. The second kappa shape index (κ2) is 9.34. The molecule has 4 heteroatoms. The van der Waals surface area contributed by atoms with Crippen LogP contribution in [0.15, 0.2) is 12.1 Å². The van der Waals surface area contributed by atoms with Crippen molar-refractivity contribution in [1.29, 1.82) is 0 Å². The smallest absolute Gasteiger partial charge is 0.317 e. The normalized spacial score (nSPS) is 11.1. The molecule has 0 amide bonds. The Morgan fingerprint density at radius 3 is 2.62 bits per heavy atom. The van der Waals surface area contributed by atoms with Gasteiger partial charge in [-0.3, -0.25) is 4.79 Å². The summed E-state index contributed by atoms with van der Waals surface area (Å²) in [5, 5.41) is 11.7. The molecule has 0 aliphatic carbocycles. The molecule has 1 rings (SSSR count). The standard InChI is InChI=1S/C20H29NO3/c1-6-7-8-9-10-24-18-12-17(20(3,4)5)15(2)11-16(18)13-21-14-19(22)23/h1,11-12,21H,7-10,13-14H2,2-5H3,(H,22,23). The SMILES string of the molecule is C#CCCCCOc1cc(C(C)(C)C)c(C)cc1CNCC(=O)O. The Kier molecular flexibility index (Phi) is 7.81.